The number of benzene rings is 2. The van der Waals surface area contributed by atoms with Gasteiger partial charge in [0.25, 0.3) is 11.8 Å². The summed E-state index contributed by atoms with van der Waals surface area (Å²) in [5, 5.41) is 2.87. The van der Waals surface area contributed by atoms with Gasteiger partial charge in [-0.15, -0.1) is 0 Å². The van der Waals surface area contributed by atoms with Crippen molar-refractivity contribution < 1.29 is 9.59 Å². The Morgan fingerprint density at radius 3 is 2.35 bits per heavy atom. The Labute approximate surface area is 152 Å². The van der Waals surface area contributed by atoms with E-state index in [9.17, 15) is 9.59 Å². The van der Waals surface area contributed by atoms with E-state index in [-0.39, 0.29) is 11.8 Å². The SMILES string of the molecule is Cc1ccc(C(=O)Nc2cccc(C(=O)N(C)C)c2)cc1-n1cccc1. The van der Waals surface area contributed by atoms with E-state index < -0.39 is 0 Å². The molecule has 0 bridgehead atoms. The second-order valence-corrected chi connectivity index (χ2v) is 6.33. The molecule has 0 unspecified atom stereocenters. The van der Waals surface area contributed by atoms with Crippen LogP contribution in [0.25, 0.3) is 5.69 Å². The van der Waals surface area contributed by atoms with Gasteiger partial charge in [0.2, 0.25) is 0 Å². The van der Waals surface area contributed by atoms with Gasteiger partial charge in [0.1, 0.15) is 0 Å². The third-order valence-electron chi connectivity index (χ3n) is 4.13. The third-order valence-corrected chi connectivity index (χ3v) is 4.13. The standard InChI is InChI=1S/C21H21N3O2/c1-15-9-10-16(14-19(15)24-11-4-5-12-24)20(25)22-18-8-6-7-17(13-18)21(26)23(2)3/h4-14H,1-3H3,(H,22,25). The number of carbonyl (C=O) groups is 2. The van der Waals surface area contributed by atoms with Gasteiger partial charge in [0, 0.05) is 49.0 Å². The van der Waals surface area contributed by atoms with Crippen LogP contribution >= 0.6 is 0 Å². The van der Waals surface area contributed by atoms with Gasteiger partial charge in [-0.3, -0.25) is 9.59 Å². The van der Waals surface area contributed by atoms with Crippen LogP contribution in [0.4, 0.5) is 5.69 Å². The molecule has 1 aromatic heterocycles. The Morgan fingerprint density at radius 2 is 1.65 bits per heavy atom. The normalized spacial score (nSPS) is 10.4. The first kappa shape index (κ1) is 17.5. The lowest BCUT2D eigenvalue weighted by atomic mass is 10.1. The largest absolute Gasteiger partial charge is 0.345 e. The van der Waals surface area contributed by atoms with Crippen molar-refractivity contribution in [3.05, 3.63) is 83.7 Å². The Balaban J connectivity index is 1.84. The van der Waals surface area contributed by atoms with Crippen LogP contribution in [0.1, 0.15) is 26.3 Å². The van der Waals surface area contributed by atoms with Gasteiger partial charge >= 0.3 is 0 Å². The summed E-state index contributed by atoms with van der Waals surface area (Å²) in [5.41, 5.74) is 3.72. The summed E-state index contributed by atoms with van der Waals surface area (Å²) in [5.74, 6) is -0.320. The fourth-order valence-electron chi connectivity index (χ4n) is 2.72. The quantitative estimate of drug-likeness (QED) is 0.782. The number of rotatable bonds is 4. The summed E-state index contributed by atoms with van der Waals surface area (Å²) in [6.45, 7) is 2.01. The van der Waals surface area contributed by atoms with Gasteiger partial charge in [0.05, 0.1) is 0 Å². The number of nitrogens with one attached hydrogen (secondary N) is 1. The molecule has 0 atom stereocenters. The van der Waals surface area contributed by atoms with Crippen LogP contribution in [0.15, 0.2) is 67.0 Å². The van der Waals surface area contributed by atoms with Crippen molar-refractivity contribution >= 4 is 17.5 Å². The summed E-state index contributed by atoms with van der Waals surface area (Å²) in [7, 11) is 3.39. The molecule has 1 heterocycles. The minimum absolute atomic E-state index is 0.105. The molecule has 0 aliphatic heterocycles. The summed E-state index contributed by atoms with van der Waals surface area (Å²) in [6.07, 6.45) is 3.89. The fourth-order valence-corrected chi connectivity index (χ4v) is 2.72. The fraction of sp³-hybridized carbons (Fsp3) is 0.143. The minimum Gasteiger partial charge on any atom is -0.345 e. The van der Waals surface area contributed by atoms with Crippen molar-refractivity contribution in [2.24, 2.45) is 0 Å². The lowest BCUT2D eigenvalue weighted by molar-refractivity contribution is 0.0827. The summed E-state index contributed by atoms with van der Waals surface area (Å²) in [6, 6.07) is 16.4. The maximum absolute atomic E-state index is 12.6. The average molecular weight is 347 g/mol. The molecule has 0 radical (unpaired) electrons. The van der Waals surface area contributed by atoms with Gasteiger partial charge < -0.3 is 14.8 Å². The van der Waals surface area contributed by atoms with E-state index in [0.29, 0.717) is 16.8 Å². The molecule has 1 N–H and O–H groups in total. The van der Waals surface area contributed by atoms with Crippen LogP contribution in [0, 0.1) is 6.92 Å². The zero-order valence-corrected chi connectivity index (χ0v) is 15.1. The van der Waals surface area contributed by atoms with Crippen molar-refractivity contribution in [3.8, 4) is 5.69 Å². The lowest BCUT2D eigenvalue weighted by Crippen LogP contribution is -2.22. The minimum atomic E-state index is -0.215. The van der Waals surface area contributed by atoms with Crippen molar-refractivity contribution in [2.45, 2.75) is 6.92 Å². The third kappa shape index (κ3) is 3.67. The molecule has 2 amide bonds. The number of nitrogens with zero attached hydrogens (tertiary/aromatic N) is 2. The summed E-state index contributed by atoms with van der Waals surface area (Å²) < 4.78 is 1.97. The number of anilines is 1. The highest BCUT2D eigenvalue weighted by molar-refractivity contribution is 6.05. The number of hydrogen-bond donors (Lipinski definition) is 1. The zero-order chi connectivity index (χ0) is 18.7. The Hall–Kier alpha value is -3.34. The van der Waals surface area contributed by atoms with Crippen molar-refractivity contribution in [1.82, 2.24) is 9.47 Å². The number of carbonyl (C=O) groups excluding carboxylic acids is 2. The van der Waals surface area contributed by atoms with Crippen molar-refractivity contribution in [1.29, 1.82) is 0 Å². The molecular formula is C21H21N3O2. The highest BCUT2D eigenvalue weighted by Gasteiger charge is 2.12. The van der Waals surface area contributed by atoms with Gasteiger partial charge in [-0.1, -0.05) is 12.1 Å². The molecule has 5 heteroatoms. The van der Waals surface area contributed by atoms with E-state index in [4.69, 9.17) is 0 Å². The number of aryl methyl sites for hydroxylation is 1. The Bertz CT molecular complexity index is 944. The molecule has 0 spiro atoms. The monoisotopic (exact) mass is 347 g/mol. The van der Waals surface area contributed by atoms with Crippen LogP contribution in [-0.4, -0.2) is 35.4 Å². The van der Waals surface area contributed by atoms with E-state index in [2.05, 4.69) is 5.32 Å². The van der Waals surface area contributed by atoms with E-state index in [0.717, 1.165) is 11.3 Å². The Kier molecular flexibility index (Phi) is 4.89. The molecular weight excluding hydrogens is 326 g/mol. The molecule has 3 aromatic rings. The zero-order valence-electron chi connectivity index (χ0n) is 15.1. The van der Waals surface area contributed by atoms with Gasteiger partial charge in [-0.05, 0) is 55.0 Å². The lowest BCUT2D eigenvalue weighted by Gasteiger charge is -2.13. The van der Waals surface area contributed by atoms with Crippen LogP contribution in [0.2, 0.25) is 0 Å². The first-order valence-corrected chi connectivity index (χ1v) is 8.33. The first-order chi connectivity index (χ1) is 12.5. The van der Waals surface area contributed by atoms with E-state index in [1.807, 2.05) is 48.1 Å². The molecule has 26 heavy (non-hydrogen) atoms. The molecule has 5 nitrogen and oxygen atoms in total. The number of amides is 2. The molecule has 0 saturated carbocycles. The topological polar surface area (TPSA) is 54.3 Å². The predicted octanol–water partition coefficient (Wildman–Crippen LogP) is 3.74. The average Bonchev–Trinajstić information content (AvgIpc) is 3.16. The van der Waals surface area contributed by atoms with Crippen LogP contribution in [0.3, 0.4) is 0 Å². The molecule has 132 valence electrons. The van der Waals surface area contributed by atoms with Crippen molar-refractivity contribution in [3.63, 3.8) is 0 Å². The van der Waals surface area contributed by atoms with Gasteiger partial charge in [-0.25, -0.2) is 0 Å². The van der Waals surface area contributed by atoms with Crippen LogP contribution in [-0.2, 0) is 0 Å². The molecule has 0 fully saturated rings. The highest BCUT2D eigenvalue weighted by Crippen LogP contribution is 2.18. The predicted molar refractivity (Wildman–Crippen MR) is 103 cm³/mol. The second kappa shape index (κ2) is 7.27. The summed E-state index contributed by atoms with van der Waals surface area (Å²) >= 11 is 0. The highest BCUT2D eigenvalue weighted by atomic mass is 16.2. The molecule has 2 aromatic carbocycles. The van der Waals surface area contributed by atoms with Crippen LogP contribution < -0.4 is 5.32 Å². The molecule has 0 aliphatic rings. The smallest absolute Gasteiger partial charge is 0.255 e. The van der Waals surface area contributed by atoms with Crippen molar-refractivity contribution in [2.75, 3.05) is 19.4 Å². The number of aromatic nitrogens is 1. The summed E-state index contributed by atoms with van der Waals surface area (Å²) in [4.78, 5) is 26.2. The maximum atomic E-state index is 12.6. The molecule has 0 saturated heterocycles. The first-order valence-electron chi connectivity index (χ1n) is 8.33. The van der Waals surface area contributed by atoms with Gasteiger partial charge in [0.15, 0.2) is 0 Å². The van der Waals surface area contributed by atoms with E-state index in [1.54, 1.807) is 44.4 Å². The Morgan fingerprint density at radius 1 is 0.923 bits per heavy atom. The van der Waals surface area contributed by atoms with Gasteiger partial charge in [-0.2, -0.15) is 0 Å². The van der Waals surface area contributed by atoms with Crippen LogP contribution in [0.5, 0.6) is 0 Å². The maximum Gasteiger partial charge on any atom is 0.255 e. The number of hydrogen-bond acceptors (Lipinski definition) is 2. The molecule has 0 aliphatic carbocycles. The molecule has 3 rings (SSSR count). The van der Waals surface area contributed by atoms with E-state index in [1.165, 1.54) is 4.90 Å². The second-order valence-electron chi connectivity index (χ2n) is 6.33. The van der Waals surface area contributed by atoms with E-state index >= 15 is 0 Å².